The van der Waals surface area contributed by atoms with Crippen LogP contribution >= 0.6 is 0 Å². The highest BCUT2D eigenvalue weighted by Crippen LogP contribution is 2.24. The zero-order chi connectivity index (χ0) is 15.9. The van der Waals surface area contributed by atoms with Gasteiger partial charge in [-0.3, -0.25) is 0 Å². The van der Waals surface area contributed by atoms with Gasteiger partial charge in [0.15, 0.2) is 0 Å². The Bertz CT molecular complexity index is 574. The van der Waals surface area contributed by atoms with Crippen LogP contribution < -0.4 is 10.6 Å². The molecule has 1 heterocycles. The number of aromatic nitrogens is 1. The summed E-state index contributed by atoms with van der Waals surface area (Å²) in [5.41, 5.74) is 9.84. The van der Waals surface area contributed by atoms with Crippen LogP contribution in [0.5, 0.6) is 0 Å². The Morgan fingerprint density at radius 3 is 2.27 bits per heavy atom. The molecule has 0 amide bonds. The van der Waals surface area contributed by atoms with E-state index in [9.17, 15) is 0 Å². The molecule has 1 unspecified atom stereocenters. The standard InChI is InChI=1S/C19H27N3/c1-4-11-22(12-5-2)18-13-15(3)17(14-21-18)19(20)16-9-7-6-8-10-16/h6-10,13-14,19H,4-5,11-12,20H2,1-3H3. The summed E-state index contributed by atoms with van der Waals surface area (Å²) in [5.74, 6) is 1.06. The normalized spacial score (nSPS) is 12.2. The summed E-state index contributed by atoms with van der Waals surface area (Å²) >= 11 is 0. The first-order valence-electron chi connectivity index (χ1n) is 8.19. The van der Waals surface area contributed by atoms with Gasteiger partial charge in [0.05, 0.1) is 6.04 Å². The quantitative estimate of drug-likeness (QED) is 0.838. The maximum Gasteiger partial charge on any atom is 0.128 e. The molecule has 0 aliphatic rings. The van der Waals surface area contributed by atoms with Crippen LogP contribution in [0.15, 0.2) is 42.6 Å². The van der Waals surface area contributed by atoms with Crippen molar-refractivity contribution in [2.45, 2.75) is 39.7 Å². The second kappa shape index (κ2) is 7.95. The molecule has 1 atom stereocenters. The van der Waals surface area contributed by atoms with Gasteiger partial charge in [0.25, 0.3) is 0 Å². The van der Waals surface area contributed by atoms with Crippen molar-refractivity contribution in [2.24, 2.45) is 5.73 Å². The van der Waals surface area contributed by atoms with Gasteiger partial charge in [0.1, 0.15) is 5.82 Å². The molecule has 3 nitrogen and oxygen atoms in total. The van der Waals surface area contributed by atoms with Crippen LogP contribution in [-0.4, -0.2) is 18.1 Å². The van der Waals surface area contributed by atoms with Crippen LogP contribution in [0.3, 0.4) is 0 Å². The van der Waals surface area contributed by atoms with Gasteiger partial charge in [0, 0.05) is 19.3 Å². The highest BCUT2D eigenvalue weighted by Gasteiger charge is 2.14. The third-order valence-electron chi connectivity index (χ3n) is 3.94. The van der Waals surface area contributed by atoms with Gasteiger partial charge in [0.2, 0.25) is 0 Å². The molecule has 118 valence electrons. The third kappa shape index (κ3) is 3.86. The van der Waals surface area contributed by atoms with E-state index in [0.29, 0.717) is 0 Å². The number of rotatable bonds is 7. The van der Waals surface area contributed by atoms with E-state index in [1.165, 1.54) is 5.56 Å². The summed E-state index contributed by atoms with van der Waals surface area (Å²) in [4.78, 5) is 7.02. The fraction of sp³-hybridized carbons (Fsp3) is 0.421. The molecule has 0 saturated carbocycles. The minimum absolute atomic E-state index is 0.117. The summed E-state index contributed by atoms with van der Waals surface area (Å²) in [7, 11) is 0. The van der Waals surface area contributed by atoms with Crippen LogP contribution in [0.4, 0.5) is 5.82 Å². The lowest BCUT2D eigenvalue weighted by molar-refractivity contribution is 0.731. The van der Waals surface area contributed by atoms with Crippen LogP contribution in [0, 0.1) is 6.92 Å². The second-order valence-corrected chi connectivity index (χ2v) is 5.77. The highest BCUT2D eigenvalue weighted by atomic mass is 15.2. The number of nitrogens with two attached hydrogens (primary N) is 1. The van der Waals surface area contributed by atoms with E-state index in [1.807, 2.05) is 24.4 Å². The van der Waals surface area contributed by atoms with E-state index in [1.54, 1.807) is 0 Å². The smallest absolute Gasteiger partial charge is 0.128 e. The van der Waals surface area contributed by atoms with Crippen molar-refractivity contribution in [3.63, 3.8) is 0 Å². The van der Waals surface area contributed by atoms with Crippen LogP contribution in [0.25, 0.3) is 0 Å². The fourth-order valence-electron chi connectivity index (χ4n) is 2.77. The van der Waals surface area contributed by atoms with Crippen molar-refractivity contribution in [3.05, 3.63) is 59.3 Å². The summed E-state index contributed by atoms with van der Waals surface area (Å²) in [6, 6.07) is 12.2. The Kier molecular flexibility index (Phi) is 5.96. The molecule has 0 saturated heterocycles. The lowest BCUT2D eigenvalue weighted by Gasteiger charge is -2.24. The van der Waals surface area contributed by atoms with E-state index in [0.717, 1.165) is 42.9 Å². The molecule has 0 fully saturated rings. The third-order valence-corrected chi connectivity index (χ3v) is 3.94. The lowest BCUT2D eigenvalue weighted by atomic mass is 9.97. The topological polar surface area (TPSA) is 42.1 Å². The molecule has 2 N–H and O–H groups in total. The number of pyridine rings is 1. The molecule has 0 aliphatic carbocycles. The largest absolute Gasteiger partial charge is 0.357 e. The molecule has 3 heteroatoms. The fourth-order valence-corrected chi connectivity index (χ4v) is 2.77. The van der Waals surface area contributed by atoms with Crippen molar-refractivity contribution in [2.75, 3.05) is 18.0 Å². The summed E-state index contributed by atoms with van der Waals surface area (Å²) in [6.45, 7) is 8.62. The van der Waals surface area contributed by atoms with Crippen molar-refractivity contribution < 1.29 is 0 Å². The van der Waals surface area contributed by atoms with Crippen LogP contribution in [-0.2, 0) is 0 Å². The number of aryl methyl sites for hydroxylation is 1. The lowest BCUT2D eigenvalue weighted by Crippen LogP contribution is -2.26. The molecule has 2 rings (SSSR count). The van der Waals surface area contributed by atoms with E-state index in [2.05, 4.69) is 48.9 Å². The number of hydrogen-bond donors (Lipinski definition) is 1. The van der Waals surface area contributed by atoms with Gasteiger partial charge >= 0.3 is 0 Å². The molecule has 0 radical (unpaired) electrons. The Balaban J connectivity index is 2.25. The molecular formula is C19H27N3. The highest BCUT2D eigenvalue weighted by molar-refractivity contribution is 5.46. The molecule has 1 aromatic heterocycles. The maximum atomic E-state index is 6.41. The first-order valence-corrected chi connectivity index (χ1v) is 8.19. The van der Waals surface area contributed by atoms with Gasteiger partial charge in [-0.2, -0.15) is 0 Å². The first-order chi connectivity index (χ1) is 10.7. The maximum absolute atomic E-state index is 6.41. The van der Waals surface area contributed by atoms with E-state index in [-0.39, 0.29) is 6.04 Å². The predicted octanol–water partition coefficient (Wildman–Crippen LogP) is 4.06. The predicted molar refractivity (Wildman–Crippen MR) is 94.2 cm³/mol. The second-order valence-electron chi connectivity index (χ2n) is 5.77. The Morgan fingerprint density at radius 1 is 1.09 bits per heavy atom. The van der Waals surface area contributed by atoms with Crippen LogP contribution in [0.2, 0.25) is 0 Å². The van der Waals surface area contributed by atoms with E-state index in [4.69, 9.17) is 5.73 Å². The van der Waals surface area contributed by atoms with Gasteiger partial charge < -0.3 is 10.6 Å². The van der Waals surface area contributed by atoms with Gasteiger partial charge in [-0.1, -0.05) is 44.2 Å². The van der Waals surface area contributed by atoms with Crippen molar-refractivity contribution in [1.29, 1.82) is 0 Å². The molecule has 1 aromatic carbocycles. The molecule has 0 spiro atoms. The van der Waals surface area contributed by atoms with E-state index < -0.39 is 0 Å². The minimum atomic E-state index is -0.117. The molecule has 2 aromatic rings. The molecular weight excluding hydrogens is 270 g/mol. The average molecular weight is 297 g/mol. The molecule has 0 bridgehead atoms. The summed E-state index contributed by atoms with van der Waals surface area (Å²) in [6.07, 6.45) is 4.21. The van der Waals surface area contributed by atoms with Crippen LogP contribution in [0.1, 0.15) is 49.4 Å². The zero-order valence-corrected chi connectivity index (χ0v) is 13.9. The molecule has 22 heavy (non-hydrogen) atoms. The Hall–Kier alpha value is -1.87. The van der Waals surface area contributed by atoms with E-state index >= 15 is 0 Å². The van der Waals surface area contributed by atoms with Gasteiger partial charge in [-0.25, -0.2) is 4.98 Å². The number of nitrogens with zero attached hydrogens (tertiary/aromatic N) is 2. The number of hydrogen-bond acceptors (Lipinski definition) is 3. The Morgan fingerprint density at radius 2 is 1.73 bits per heavy atom. The van der Waals surface area contributed by atoms with Crippen molar-refractivity contribution >= 4 is 5.82 Å². The number of anilines is 1. The monoisotopic (exact) mass is 297 g/mol. The molecule has 0 aliphatic heterocycles. The average Bonchev–Trinajstić information content (AvgIpc) is 2.55. The summed E-state index contributed by atoms with van der Waals surface area (Å²) in [5, 5.41) is 0. The first kappa shape index (κ1) is 16.5. The SMILES string of the molecule is CCCN(CCC)c1cc(C)c(C(N)c2ccccc2)cn1. The van der Waals surface area contributed by atoms with Crippen molar-refractivity contribution in [3.8, 4) is 0 Å². The number of benzene rings is 1. The van der Waals surface area contributed by atoms with Gasteiger partial charge in [-0.15, -0.1) is 0 Å². The summed E-state index contributed by atoms with van der Waals surface area (Å²) < 4.78 is 0. The zero-order valence-electron chi connectivity index (χ0n) is 13.9. The van der Waals surface area contributed by atoms with Gasteiger partial charge in [-0.05, 0) is 42.5 Å². The Labute approximate surface area is 134 Å². The van der Waals surface area contributed by atoms with Crippen molar-refractivity contribution in [1.82, 2.24) is 4.98 Å². The minimum Gasteiger partial charge on any atom is -0.357 e.